The van der Waals surface area contributed by atoms with Gasteiger partial charge in [0.15, 0.2) is 0 Å². The summed E-state index contributed by atoms with van der Waals surface area (Å²) >= 11 is 3.26. The molecule has 2 aromatic rings. The van der Waals surface area contributed by atoms with E-state index in [1.54, 1.807) is 6.07 Å². The smallest absolute Gasteiger partial charge is 0.375 e. The van der Waals surface area contributed by atoms with Crippen molar-refractivity contribution in [1.82, 2.24) is 14.8 Å². The Morgan fingerprint density at radius 3 is 2.79 bits per heavy atom. The predicted molar refractivity (Wildman–Crippen MR) is 68.0 cm³/mol. The summed E-state index contributed by atoms with van der Waals surface area (Å²) in [4.78, 5) is 15.0. The molecule has 0 spiro atoms. The Labute approximate surface area is 116 Å². The molecule has 0 radical (unpaired) electrons. The van der Waals surface area contributed by atoms with E-state index in [2.05, 4.69) is 26.0 Å². The Kier molecular flexibility index (Phi) is 2.85. The summed E-state index contributed by atoms with van der Waals surface area (Å²) in [6, 6.07) is 4.17. The molecule has 0 unspecified atom stereocenters. The first-order valence-electron chi connectivity index (χ1n) is 5.72. The summed E-state index contributed by atoms with van der Waals surface area (Å²) in [6.45, 7) is 0. The second-order valence-corrected chi connectivity index (χ2v) is 5.23. The SMILES string of the molecule is O=C(O)c1nc(C2CC2)n(-c2ccc(F)cc2Br)n1. The molecule has 3 rings (SSSR count). The standard InChI is InChI=1S/C12H9BrFN3O2/c13-8-5-7(14)3-4-9(8)17-11(6-1-2-6)15-10(16-17)12(18)19/h3-6H,1-2H2,(H,18,19). The van der Waals surface area contributed by atoms with Gasteiger partial charge in [0.25, 0.3) is 5.82 Å². The summed E-state index contributed by atoms with van der Waals surface area (Å²) in [5, 5.41) is 13.0. The third-order valence-corrected chi connectivity index (χ3v) is 3.54. The molecule has 7 heteroatoms. The van der Waals surface area contributed by atoms with Gasteiger partial charge in [-0.1, -0.05) is 0 Å². The topological polar surface area (TPSA) is 68.0 Å². The van der Waals surface area contributed by atoms with Crippen molar-refractivity contribution in [3.8, 4) is 5.69 Å². The summed E-state index contributed by atoms with van der Waals surface area (Å²) < 4.78 is 15.1. The Morgan fingerprint density at radius 2 is 2.21 bits per heavy atom. The molecule has 1 N–H and O–H groups in total. The molecule has 1 fully saturated rings. The molecule has 1 aromatic carbocycles. The Bertz CT molecular complexity index is 667. The zero-order chi connectivity index (χ0) is 13.6. The first kappa shape index (κ1) is 12.3. The average Bonchev–Trinajstić information content (AvgIpc) is 3.09. The second kappa shape index (κ2) is 4.41. The lowest BCUT2D eigenvalue weighted by Crippen LogP contribution is -2.04. The number of nitrogens with zero attached hydrogens (tertiary/aromatic N) is 3. The number of aromatic nitrogens is 3. The van der Waals surface area contributed by atoms with Crippen LogP contribution in [0.3, 0.4) is 0 Å². The van der Waals surface area contributed by atoms with Crippen LogP contribution in [-0.2, 0) is 0 Å². The number of hydrogen-bond acceptors (Lipinski definition) is 3. The maximum Gasteiger partial charge on any atom is 0.375 e. The normalized spacial score (nSPS) is 14.6. The van der Waals surface area contributed by atoms with E-state index >= 15 is 0 Å². The highest BCUT2D eigenvalue weighted by Gasteiger charge is 2.31. The zero-order valence-electron chi connectivity index (χ0n) is 9.68. The van der Waals surface area contributed by atoms with Crippen LogP contribution in [0.2, 0.25) is 0 Å². The Balaban J connectivity index is 2.15. The lowest BCUT2D eigenvalue weighted by molar-refractivity contribution is 0.0683. The van der Waals surface area contributed by atoms with E-state index in [0.717, 1.165) is 12.8 Å². The van der Waals surface area contributed by atoms with E-state index in [0.29, 0.717) is 16.0 Å². The molecule has 0 saturated heterocycles. The van der Waals surface area contributed by atoms with Gasteiger partial charge in [-0.2, -0.15) is 0 Å². The van der Waals surface area contributed by atoms with Crippen molar-refractivity contribution in [2.24, 2.45) is 0 Å². The molecular weight excluding hydrogens is 317 g/mol. The fourth-order valence-electron chi connectivity index (χ4n) is 1.85. The van der Waals surface area contributed by atoms with Crippen molar-refractivity contribution in [3.05, 3.63) is 40.1 Å². The number of aromatic carboxylic acids is 1. The summed E-state index contributed by atoms with van der Waals surface area (Å²) in [5.41, 5.74) is 0.586. The van der Waals surface area contributed by atoms with Crippen LogP contribution in [-0.4, -0.2) is 25.8 Å². The van der Waals surface area contributed by atoms with Crippen LogP contribution in [0.25, 0.3) is 5.69 Å². The van der Waals surface area contributed by atoms with E-state index in [9.17, 15) is 9.18 Å². The van der Waals surface area contributed by atoms with Crippen molar-refractivity contribution in [3.63, 3.8) is 0 Å². The molecule has 98 valence electrons. The number of carbonyl (C=O) groups is 1. The Hall–Kier alpha value is -1.76. The number of carboxylic acid groups (broad SMARTS) is 1. The van der Waals surface area contributed by atoms with Gasteiger partial charge in [0.05, 0.1) is 5.69 Å². The van der Waals surface area contributed by atoms with E-state index < -0.39 is 5.97 Å². The van der Waals surface area contributed by atoms with Crippen molar-refractivity contribution in [2.75, 3.05) is 0 Å². The number of rotatable bonds is 3. The number of hydrogen-bond donors (Lipinski definition) is 1. The van der Waals surface area contributed by atoms with Crippen LogP contribution in [0.4, 0.5) is 4.39 Å². The third-order valence-electron chi connectivity index (χ3n) is 2.90. The van der Waals surface area contributed by atoms with E-state index in [1.165, 1.54) is 16.8 Å². The minimum atomic E-state index is -1.17. The average molecular weight is 326 g/mol. The highest BCUT2D eigenvalue weighted by molar-refractivity contribution is 9.10. The zero-order valence-corrected chi connectivity index (χ0v) is 11.3. The van der Waals surface area contributed by atoms with Crippen LogP contribution in [0.5, 0.6) is 0 Å². The minimum Gasteiger partial charge on any atom is -0.475 e. The predicted octanol–water partition coefficient (Wildman–Crippen LogP) is 2.74. The molecule has 19 heavy (non-hydrogen) atoms. The molecule has 1 aliphatic carbocycles. The highest BCUT2D eigenvalue weighted by Crippen LogP contribution is 2.40. The van der Waals surface area contributed by atoms with Gasteiger partial charge in [0.2, 0.25) is 0 Å². The van der Waals surface area contributed by atoms with Crippen LogP contribution in [0.15, 0.2) is 22.7 Å². The molecule has 1 aliphatic rings. The highest BCUT2D eigenvalue weighted by atomic mass is 79.9. The molecule has 5 nitrogen and oxygen atoms in total. The minimum absolute atomic E-state index is 0.234. The quantitative estimate of drug-likeness (QED) is 0.942. The monoisotopic (exact) mass is 325 g/mol. The molecular formula is C12H9BrFN3O2. The largest absolute Gasteiger partial charge is 0.475 e. The third kappa shape index (κ3) is 2.25. The Morgan fingerprint density at radius 1 is 1.47 bits per heavy atom. The van der Waals surface area contributed by atoms with Crippen molar-refractivity contribution >= 4 is 21.9 Å². The molecule has 0 aliphatic heterocycles. The van der Waals surface area contributed by atoms with E-state index in [-0.39, 0.29) is 17.6 Å². The summed E-state index contributed by atoms with van der Waals surface area (Å²) in [5.74, 6) is -0.929. The van der Waals surface area contributed by atoms with Crippen LogP contribution >= 0.6 is 15.9 Å². The van der Waals surface area contributed by atoms with E-state index in [4.69, 9.17) is 5.11 Å². The van der Waals surface area contributed by atoms with Gasteiger partial charge >= 0.3 is 5.97 Å². The molecule has 1 aromatic heterocycles. The fourth-order valence-corrected chi connectivity index (χ4v) is 2.37. The van der Waals surface area contributed by atoms with Crippen LogP contribution < -0.4 is 0 Å². The molecule has 0 bridgehead atoms. The molecule has 0 atom stereocenters. The maximum absolute atomic E-state index is 13.1. The molecule has 1 heterocycles. The lowest BCUT2D eigenvalue weighted by Gasteiger charge is -2.07. The van der Waals surface area contributed by atoms with Crippen molar-refractivity contribution in [2.45, 2.75) is 18.8 Å². The first-order valence-corrected chi connectivity index (χ1v) is 6.51. The van der Waals surface area contributed by atoms with Gasteiger partial charge < -0.3 is 5.11 Å². The van der Waals surface area contributed by atoms with Gasteiger partial charge in [-0.25, -0.2) is 18.9 Å². The van der Waals surface area contributed by atoms with Crippen LogP contribution in [0, 0.1) is 5.82 Å². The molecule has 1 saturated carbocycles. The van der Waals surface area contributed by atoms with Crippen molar-refractivity contribution in [1.29, 1.82) is 0 Å². The second-order valence-electron chi connectivity index (χ2n) is 4.38. The number of benzene rings is 1. The molecule has 0 amide bonds. The van der Waals surface area contributed by atoms with Gasteiger partial charge in [-0.05, 0) is 47.0 Å². The number of carboxylic acids is 1. The van der Waals surface area contributed by atoms with Gasteiger partial charge in [-0.15, -0.1) is 5.10 Å². The first-order chi connectivity index (χ1) is 9.06. The lowest BCUT2D eigenvalue weighted by atomic mass is 10.3. The van der Waals surface area contributed by atoms with Gasteiger partial charge in [0.1, 0.15) is 11.6 Å². The van der Waals surface area contributed by atoms with Crippen LogP contribution in [0.1, 0.15) is 35.2 Å². The fraction of sp³-hybridized carbons (Fsp3) is 0.250. The van der Waals surface area contributed by atoms with Gasteiger partial charge in [0, 0.05) is 10.4 Å². The van der Waals surface area contributed by atoms with E-state index in [1.807, 2.05) is 0 Å². The summed E-state index contributed by atoms with van der Waals surface area (Å²) in [6.07, 6.45) is 1.94. The maximum atomic E-state index is 13.1. The van der Waals surface area contributed by atoms with Crippen molar-refractivity contribution < 1.29 is 14.3 Å². The number of halogens is 2. The van der Waals surface area contributed by atoms with Gasteiger partial charge in [-0.3, -0.25) is 0 Å². The summed E-state index contributed by atoms with van der Waals surface area (Å²) in [7, 11) is 0.